The Bertz CT molecular complexity index is 574. The fourth-order valence-corrected chi connectivity index (χ4v) is 2.50. The number of fused-ring (bicyclic) bond motifs is 3. The van der Waals surface area contributed by atoms with Gasteiger partial charge in [-0.05, 0) is 18.1 Å². The highest BCUT2D eigenvalue weighted by Gasteiger charge is 2.25. The number of H-pyrrole nitrogens is 1. The average molecular weight is 230 g/mol. The molecule has 1 unspecified atom stereocenters. The van der Waals surface area contributed by atoms with Crippen LogP contribution >= 0.6 is 0 Å². The maximum Gasteiger partial charge on any atom is 0.220 e. The van der Waals surface area contributed by atoms with Crippen LogP contribution in [0.1, 0.15) is 23.8 Å². The molecule has 88 valence electrons. The monoisotopic (exact) mass is 230 g/mol. The lowest BCUT2D eigenvalue weighted by molar-refractivity contribution is -0.121. The molecule has 1 aliphatic rings. The lowest BCUT2D eigenvalue weighted by Gasteiger charge is -2.22. The second kappa shape index (κ2) is 3.89. The van der Waals surface area contributed by atoms with Gasteiger partial charge >= 0.3 is 0 Å². The number of benzene rings is 1. The summed E-state index contributed by atoms with van der Waals surface area (Å²) in [4.78, 5) is 14.4. The van der Waals surface area contributed by atoms with Crippen LogP contribution in [0.15, 0.2) is 24.3 Å². The number of aromatic nitrogens is 1. The van der Waals surface area contributed by atoms with E-state index in [1.165, 1.54) is 10.9 Å². The van der Waals surface area contributed by atoms with Crippen LogP contribution in [0.25, 0.3) is 10.9 Å². The van der Waals surface area contributed by atoms with Crippen LogP contribution in [0.5, 0.6) is 0 Å². The Morgan fingerprint density at radius 3 is 3.12 bits per heavy atom. The number of aromatic amines is 1. The Balaban J connectivity index is 2.10. The molecule has 17 heavy (non-hydrogen) atoms. The van der Waals surface area contributed by atoms with Crippen molar-refractivity contribution in [2.45, 2.75) is 18.9 Å². The first-order valence-electron chi connectivity index (χ1n) is 5.75. The van der Waals surface area contributed by atoms with Gasteiger partial charge in [-0.1, -0.05) is 18.2 Å². The molecule has 0 spiro atoms. The van der Waals surface area contributed by atoms with Crippen LogP contribution in [0.2, 0.25) is 0 Å². The normalized spacial score (nSPS) is 19.2. The first-order chi connectivity index (χ1) is 8.25. The van der Waals surface area contributed by atoms with E-state index >= 15 is 0 Å². The second-order valence-electron chi connectivity index (χ2n) is 4.34. The van der Waals surface area contributed by atoms with Crippen molar-refractivity contribution in [3.63, 3.8) is 0 Å². The Labute approximate surface area is 98.8 Å². The Kier molecular flexibility index (Phi) is 2.37. The van der Waals surface area contributed by atoms with Gasteiger partial charge in [0.05, 0.1) is 13.0 Å². The summed E-state index contributed by atoms with van der Waals surface area (Å²) >= 11 is 0. The summed E-state index contributed by atoms with van der Waals surface area (Å²) in [6.07, 6.45) is 0.901. The molecule has 1 aromatic carbocycles. The summed E-state index contributed by atoms with van der Waals surface area (Å²) in [6, 6.07) is 8.15. The van der Waals surface area contributed by atoms with E-state index in [1.54, 1.807) is 0 Å². The van der Waals surface area contributed by atoms with E-state index in [0.717, 1.165) is 17.6 Å². The van der Waals surface area contributed by atoms with Gasteiger partial charge in [-0.15, -0.1) is 0 Å². The molecule has 0 saturated heterocycles. The van der Waals surface area contributed by atoms with E-state index in [4.69, 9.17) is 10.5 Å². The van der Waals surface area contributed by atoms with Crippen LogP contribution in [-0.2, 0) is 16.0 Å². The molecule has 0 saturated carbocycles. The van der Waals surface area contributed by atoms with E-state index in [-0.39, 0.29) is 18.4 Å². The van der Waals surface area contributed by atoms with E-state index in [2.05, 4.69) is 11.1 Å². The van der Waals surface area contributed by atoms with Gasteiger partial charge in [0, 0.05) is 16.6 Å². The third kappa shape index (κ3) is 1.70. The highest BCUT2D eigenvalue weighted by atomic mass is 16.5. The van der Waals surface area contributed by atoms with Crippen LogP contribution in [-0.4, -0.2) is 17.5 Å². The molecule has 1 aliphatic heterocycles. The summed E-state index contributed by atoms with van der Waals surface area (Å²) in [7, 11) is 0. The SMILES string of the molecule is NC(=O)CC1OCCc2c1[nH]c1ccccc21. The molecule has 2 aromatic rings. The molecule has 0 aliphatic carbocycles. The first kappa shape index (κ1) is 10.4. The minimum absolute atomic E-state index is 0.219. The number of ether oxygens (including phenoxy) is 1. The maximum absolute atomic E-state index is 11.0. The van der Waals surface area contributed by atoms with E-state index in [1.807, 2.05) is 18.2 Å². The number of rotatable bonds is 2. The number of nitrogens with two attached hydrogens (primary N) is 1. The molecule has 1 aromatic heterocycles. The van der Waals surface area contributed by atoms with Crippen LogP contribution in [0, 0.1) is 0 Å². The van der Waals surface area contributed by atoms with Gasteiger partial charge in [-0.3, -0.25) is 4.79 Å². The fraction of sp³-hybridized carbons (Fsp3) is 0.308. The number of para-hydroxylation sites is 1. The number of primary amides is 1. The number of carbonyl (C=O) groups excluding carboxylic acids is 1. The zero-order valence-electron chi connectivity index (χ0n) is 9.40. The molecular formula is C13H14N2O2. The quantitative estimate of drug-likeness (QED) is 0.823. The topological polar surface area (TPSA) is 68.1 Å². The summed E-state index contributed by atoms with van der Waals surface area (Å²) in [5, 5.41) is 1.22. The third-order valence-electron chi connectivity index (χ3n) is 3.23. The van der Waals surface area contributed by atoms with Crippen molar-refractivity contribution >= 4 is 16.8 Å². The second-order valence-corrected chi connectivity index (χ2v) is 4.34. The number of hydrogen-bond donors (Lipinski definition) is 2. The minimum Gasteiger partial charge on any atom is -0.371 e. The van der Waals surface area contributed by atoms with Crippen LogP contribution in [0.3, 0.4) is 0 Å². The van der Waals surface area contributed by atoms with Crippen molar-refractivity contribution in [1.82, 2.24) is 4.98 Å². The largest absolute Gasteiger partial charge is 0.371 e. The Morgan fingerprint density at radius 2 is 2.29 bits per heavy atom. The molecule has 3 N–H and O–H groups in total. The molecule has 0 fully saturated rings. The Hall–Kier alpha value is -1.81. The molecule has 1 amide bonds. The molecule has 0 radical (unpaired) electrons. The van der Waals surface area contributed by atoms with Crippen molar-refractivity contribution in [1.29, 1.82) is 0 Å². The van der Waals surface area contributed by atoms with Crippen molar-refractivity contribution in [2.75, 3.05) is 6.61 Å². The summed E-state index contributed by atoms with van der Waals surface area (Å²) in [6.45, 7) is 0.646. The number of carbonyl (C=O) groups is 1. The van der Waals surface area contributed by atoms with Gasteiger partial charge in [0.1, 0.15) is 6.10 Å². The summed E-state index contributed by atoms with van der Waals surface area (Å²) in [5.74, 6) is -0.332. The van der Waals surface area contributed by atoms with Gasteiger partial charge in [0.15, 0.2) is 0 Å². The molecular weight excluding hydrogens is 216 g/mol. The molecule has 2 heterocycles. The van der Waals surface area contributed by atoms with Gasteiger partial charge in [-0.25, -0.2) is 0 Å². The van der Waals surface area contributed by atoms with Gasteiger partial charge in [0.25, 0.3) is 0 Å². The van der Waals surface area contributed by atoms with Crippen LogP contribution < -0.4 is 5.73 Å². The molecule has 4 heteroatoms. The van der Waals surface area contributed by atoms with Gasteiger partial charge in [0.2, 0.25) is 5.91 Å². The van der Waals surface area contributed by atoms with E-state index in [0.29, 0.717) is 6.61 Å². The molecule has 0 bridgehead atoms. The third-order valence-corrected chi connectivity index (χ3v) is 3.23. The zero-order valence-corrected chi connectivity index (χ0v) is 9.40. The number of nitrogens with one attached hydrogen (secondary N) is 1. The Morgan fingerprint density at radius 1 is 1.47 bits per heavy atom. The zero-order chi connectivity index (χ0) is 11.8. The smallest absolute Gasteiger partial charge is 0.220 e. The highest BCUT2D eigenvalue weighted by Crippen LogP contribution is 2.33. The summed E-state index contributed by atoms with van der Waals surface area (Å²) < 4.78 is 5.61. The highest BCUT2D eigenvalue weighted by molar-refractivity contribution is 5.85. The van der Waals surface area contributed by atoms with Crippen molar-refractivity contribution in [2.24, 2.45) is 5.73 Å². The molecule has 1 atom stereocenters. The van der Waals surface area contributed by atoms with E-state index < -0.39 is 0 Å². The minimum atomic E-state index is -0.332. The number of hydrogen-bond acceptors (Lipinski definition) is 2. The van der Waals surface area contributed by atoms with Gasteiger partial charge in [-0.2, -0.15) is 0 Å². The maximum atomic E-state index is 11.0. The molecule has 3 rings (SSSR count). The predicted octanol–water partition coefficient (Wildman–Crippen LogP) is 1.66. The van der Waals surface area contributed by atoms with Gasteiger partial charge < -0.3 is 15.5 Å². The van der Waals surface area contributed by atoms with Crippen LogP contribution in [0.4, 0.5) is 0 Å². The van der Waals surface area contributed by atoms with Crippen molar-refractivity contribution in [3.05, 3.63) is 35.5 Å². The van der Waals surface area contributed by atoms with Crippen molar-refractivity contribution in [3.8, 4) is 0 Å². The molecule has 4 nitrogen and oxygen atoms in total. The lowest BCUT2D eigenvalue weighted by Crippen LogP contribution is -2.22. The lowest BCUT2D eigenvalue weighted by atomic mass is 10.0. The fourth-order valence-electron chi connectivity index (χ4n) is 2.50. The van der Waals surface area contributed by atoms with E-state index in [9.17, 15) is 4.79 Å². The first-order valence-corrected chi connectivity index (χ1v) is 5.75. The average Bonchev–Trinajstić information content (AvgIpc) is 2.68. The van der Waals surface area contributed by atoms with Crippen molar-refractivity contribution < 1.29 is 9.53 Å². The standard InChI is InChI=1S/C13H14N2O2/c14-12(16)7-11-13-9(5-6-17-11)8-3-1-2-4-10(8)15-13/h1-4,11,15H,5-7H2,(H2,14,16). The predicted molar refractivity (Wildman–Crippen MR) is 64.5 cm³/mol. The number of amides is 1. The summed E-state index contributed by atoms with van der Waals surface area (Å²) in [5.41, 5.74) is 8.61.